The Bertz CT molecular complexity index is 106. The van der Waals surface area contributed by atoms with Crippen LogP contribution < -0.4 is 5.73 Å². The Morgan fingerprint density at radius 3 is 2.40 bits per heavy atom. The molecule has 0 aromatic carbocycles. The van der Waals surface area contributed by atoms with E-state index in [2.05, 4.69) is 13.8 Å². The molecule has 1 heterocycles. The lowest BCUT2D eigenvalue weighted by molar-refractivity contribution is -0.103. The van der Waals surface area contributed by atoms with Crippen LogP contribution in [0.15, 0.2) is 0 Å². The van der Waals surface area contributed by atoms with Gasteiger partial charge in [-0.3, -0.25) is 0 Å². The summed E-state index contributed by atoms with van der Waals surface area (Å²) in [5.74, 6) is 1.20. The molecule has 3 N–H and O–H groups in total. The molecule has 3 heteroatoms. The summed E-state index contributed by atoms with van der Waals surface area (Å²) in [7, 11) is 0. The SMILES string of the molecule is CC(C)C1CC(N)N(O)C1. The van der Waals surface area contributed by atoms with Crippen molar-refractivity contribution in [2.75, 3.05) is 6.54 Å². The van der Waals surface area contributed by atoms with Gasteiger partial charge in [-0.2, -0.15) is 5.06 Å². The van der Waals surface area contributed by atoms with Crippen LogP contribution >= 0.6 is 0 Å². The molecule has 0 radical (unpaired) electrons. The first-order chi connectivity index (χ1) is 4.61. The molecule has 1 aliphatic rings. The smallest absolute Gasteiger partial charge is 0.0819 e. The van der Waals surface area contributed by atoms with Crippen LogP contribution in [-0.4, -0.2) is 23.0 Å². The molecule has 0 saturated carbocycles. The van der Waals surface area contributed by atoms with E-state index >= 15 is 0 Å². The zero-order valence-corrected chi connectivity index (χ0v) is 6.62. The molecule has 3 nitrogen and oxygen atoms in total. The van der Waals surface area contributed by atoms with Gasteiger partial charge in [0.25, 0.3) is 0 Å². The number of hydroxylamine groups is 2. The maximum Gasteiger partial charge on any atom is 0.0819 e. The summed E-state index contributed by atoms with van der Waals surface area (Å²) in [6.45, 7) is 5.06. The number of hydrogen-bond donors (Lipinski definition) is 2. The molecule has 0 aromatic rings. The van der Waals surface area contributed by atoms with Gasteiger partial charge in [-0.15, -0.1) is 0 Å². The fourth-order valence-corrected chi connectivity index (χ4v) is 1.37. The molecular formula is C7H16N2O. The van der Waals surface area contributed by atoms with E-state index in [9.17, 15) is 0 Å². The number of nitrogens with zero attached hydrogens (tertiary/aromatic N) is 1. The van der Waals surface area contributed by atoms with Crippen molar-refractivity contribution in [1.82, 2.24) is 5.06 Å². The van der Waals surface area contributed by atoms with Crippen molar-refractivity contribution >= 4 is 0 Å². The van der Waals surface area contributed by atoms with Gasteiger partial charge in [-0.05, 0) is 18.3 Å². The van der Waals surface area contributed by atoms with Gasteiger partial charge in [0.15, 0.2) is 0 Å². The molecule has 2 unspecified atom stereocenters. The molecule has 1 aliphatic heterocycles. The predicted octanol–water partition coefficient (Wildman–Crippen LogP) is 0.638. The van der Waals surface area contributed by atoms with Gasteiger partial charge < -0.3 is 10.9 Å². The largest absolute Gasteiger partial charge is 0.314 e. The summed E-state index contributed by atoms with van der Waals surface area (Å²) in [4.78, 5) is 0. The second-order valence-corrected chi connectivity index (χ2v) is 3.43. The third kappa shape index (κ3) is 1.48. The minimum atomic E-state index is -0.132. The van der Waals surface area contributed by atoms with Crippen LogP contribution in [0, 0.1) is 11.8 Å². The summed E-state index contributed by atoms with van der Waals surface area (Å²) in [6, 6.07) is 0. The zero-order chi connectivity index (χ0) is 7.72. The molecule has 0 bridgehead atoms. The van der Waals surface area contributed by atoms with Crippen LogP contribution in [0.1, 0.15) is 20.3 Å². The predicted molar refractivity (Wildman–Crippen MR) is 39.4 cm³/mol. The average Bonchev–Trinajstić information content (AvgIpc) is 2.13. The van der Waals surface area contributed by atoms with Crippen molar-refractivity contribution in [3.05, 3.63) is 0 Å². The van der Waals surface area contributed by atoms with Gasteiger partial charge in [0.1, 0.15) is 0 Å². The first-order valence-corrected chi connectivity index (χ1v) is 3.82. The van der Waals surface area contributed by atoms with Crippen LogP contribution in [0.2, 0.25) is 0 Å². The fourth-order valence-electron chi connectivity index (χ4n) is 1.37. The third-order valence-corrected chi connectivity index (χ3v) is 2.29. The van der Waals surface area contributed by atoms with E-state index in [0.29, 0.717) is 11.8 Å². The molecule has 1 rings (SSSR count). The number of hydrogen-bond acceptors (Lipinski definition) is 3. The van der Waals surface area contributed by atoms with Crippen LogP contribution in [-0.2, 0) is 0 Å². The monoisotopic (exact) mass is 144 g/mol. The molecule has 1 fully saturated rings. The Morgan fingerprint density at radius 1 is 1.60 bits per heavy atom. The van der Waals surface area contributed by atoms with E-state index < -0.39 is 0 Å². The molecular weight excluding hydrogens is 128 g/mol. The van der Waals surface area contributed by atoms with Crippen molar-refractivity contribution in [3.63, 3.8) is 0 Å². The molecule has 0 spiro atoms. The highest BCUT2D eigenvalue weighted by Gasteiger charge is 2.29. The van der Waals surface area contributed by atoms with Crippen LogP contribution in [0.5, 0.6) is 0 Å². The standard InChI is InChI=1S/C7H16N2O/c1-5(2)6-3-7(8)9(10)4-6/h5-7,10H,3-4,8H2,1-2H3. The van der Waals surface area contributed by atoms with Crippen molar-refractivity contribution in [2.45, 2.75) is 26.4 Å². The van der Waals surface area contributed by atoms with Gasteiger partial charge in [-0.25, -0.2) is 0 Å². The quantitative estimate of drug-likeness (QED) is 0.567. The lowest BCUT2D eigenvalue weighted by Crippen LogP contribution is -2.33. The molecule has 0 aromatic heterocycles. The Morgan fingerprint density at radius 2 is 2.20 bits per heavy atom. The van der Waals surface area contributed by atoms with Gasteiger partial charge in [0.2, 0.25) is 0 Å². The highest BCUT2D eigenvalue weighted by molar-refractivity contribution is 4.78. The fraction of sp³-hybridized carbons (Fsp3) is 1.00. The minimum Gasteiger partial charge on any atom is -0.314 e. The summed E-state index contributed by atoms with van der Waals surface area (Å²) < 4.78 is 0. The van der Waals surface area contributed by atoms with Crippen LogP contribution in [0.25, 0.3) is 0 Å². The number of nitrogens with two attached hydrogens (primary N) is 1. The van der Waals surface area contributed by atoms with E-state index in [1.54, 1.807) is 0 Å². The summed E-state index contributed by atoms with van der Waals surface area (Å²) in [6.07, 6.45) is 0.793. The Kier molecular flexibility index (Phi) is 2.28. The van der Waals surface area contributed by atoms with Crippen LogP contribution in [0.4, 0.5) is 0 Å². The van der Waals surface area contributed by atoms with E-state index in [0.717, 1.165) is 13.0 Å². The highest BCUT2D eigenvalue weighted by Crippen LogP contribution is 2.24. The lowest BCUT2D eigenvalue weighted by Gasteiger charge is -2.12. The Labute approximate surface area is 61.8 Å². The summed E-state index contributed by atoms with van der Waals surface area (Å²) in [5.41, 5.74) is 5.58. The van der Waals surface area contributed by atoms with E-state index in [4.69, 9.17) is 10.9 Å². The topological polar surface area (TPSA) is 49.5 Å². The molecule has 60 valence electrons. The van der Waals surface area contributed by atoms with E-state index in [-0.39, 0.29) is 6.17 Å². The van der Waals surface area contributed by atoms with Crippen molar-refractivity contribution in [1.29, 1.82) is 0 Å². The van der Waals surface area contributed by atoms with Gasteiger partial charge in [-0.1, -0.05) is 13.8 Å². The third-order valence-electron chi connectivity index (χ3n) is 2.29. The Balaban J connectivity index is 2.41. The molecule has 0 amide bonds. The second kappa shape index (κ2) is 2.86. The van der Waals surface area contributed by atoms with E-state index in [1.807, 2.05) is 0 Å². The van der Waals surface area contributed by atoms with Gasteiger partial charge in [0.05, 0.1) is 6.17 Å². The zero-order valence-electron chi connectivity index (χ0n) is 6.62. The summed E-state index contributed by atoms with van der Waals surface area (Å²) in [5, 5.41) is 10.4. The lowest BCUT2D eigenvalue weighted by atomic mass is 9.95. The van der Waals surface area contributed by atoms with Crippen LogP contribution in [0.3, 0.4) is 0 Å². The maximum atomic E-state index is 9.13. The molecule has 10 heavy (non-hydrogen) atoms. The second-order valence-electron chi connectivity index (χ2n) is 3.43. The first kappa shape index (κ1) is 7.98. The average molecular weight is 144 g/mol. The molecule has 1 saturated heterocycles. The van der Waals surface area contributed by atoms with Crippen molar-refractivity contribution in [2.24, 2.45) is 17.6 Å². The highest BCUT2D eigenvalue weighted by atomic mass is 16.5. The normalized spacial score (nSPS) is 35.7. The number of rotatable bonds is 1. The first-order valence-electron chi connectivity index (χ1n) is 3.82. The van der Waals surface area contributed by atoms with Crippen molar-refractivity contribution < 1.29 is 5.21 Å². The molecule has 0 aliphatic carbocycles. The Hall–Kier alpha value is -0.120. The van der Waals surface area contributed by atoms with Crippen molar-refractivity contribution in [3.8, 4) is 0 Å². The minimum absolute atomic E-state index is 0.132. The molecule has 2 atom stereocenters. The van der Waals surface area contributed by atoms with Gasteiger partial charge in [0, 0.05) is 6.54 Å². The summed E-state index contributed by atoms with van der Waals surface area (Å²) >= 11 is 0. The van der Waals surface area contributed by atoms with Gasteiger partial charge >= 0.3 is 0 Å². The maximum absolute atomic E-state index is 9.13. The van der Waals surface area contributed by atoms with E-state index in [1.165, 1.54) is 5.06 Å².